The van der Waals surface area contributed by atoms with Gasteiger partial charge in [0.2, 0.25) is 0 Å². The van der Waals surface area contributed by atoms with Crippen LogP contribution in [0.25, 0.3) is 0 Å². The van der Waals surface area contributed by atoms with E-state index in [1.807, 2.05) is 17.0 Å². The van der Waals surface area contributed by atoms with Gasteiger partial charge in [-0.2, -0.15) is 0 Å². The summed E-state index contributed by atoms with van der Waals surface area (Å²) in [5, 5.41) is 0. The molecule has 2 atom stereocenters. The van der Waals surface area contributed by atoms with E-state index in [2.05, 4.69) is 53.4 Å². The van der Waals surface area contributed by atoms with Crippen LogP contribution in [0.1, 0.15) is 49.3 Å². The number of hydrogen-bond acceptors (Lipinski definition) is 3. The Morgan fingerprint density at radius 3 is 1.79 bits per heavy atom. The third-order valence-corrected chi connectivity index (χ3v) is 7.96. The zero-order valence-corrected chi connectivity index (χ0v) is 19.4. The molecular formula is C28H35N3O2. The molecule has 1 aliphatic carbocycles. The fraction of sp³-hybridized carbons (Fsp3) is 0.500. The predicted octanol–water partition coefficient (Wildman–Crippen LogP) is 3.96. The minimum atomic E-state index is -0.306. The molecule has 5 nitrogen and oxygen atoms in total. The monoisotopic (exact) mass is 445 g/mol. The number of benzene rings is 2. The number of nitrogens with zero attached hydrogens (tertiary/aromatic N) is 3. The molecule has 0 bridgehead atoms. The van der Waals surface area contributed by atoms with Gasteiger partial charge in [0.1, 0.15) is 0 Å². The molecule has 33 heavy (non-hydrogen) atoms. The van der Waals surface area contributed by atoms with Crippen LogP contribution in [0.15, 0.2) is 60.7 Å². The Morgan fingerprint density at radius 2 is 1.18 bits per heavy atom. The molecule has 3 aliphatic rings. The van der Waals surface area contributed by atoms with Crippen LogP contribution in [0.5, 0.6) is 0 Å². The smallest absolute Gasteiger partial charge is 0.312 e. The van der Waals surface area contributed by atoms with Gasteiger partial charge in [-0.1, -0.05) is 79.9 Å². The average Bonchev–Trinajstić information content (AvgIpc) is 2.89. The number of carbonyl (C=O) groups excluding carboxylic acids is 2. The highest BCUT2D eigenvalue weighted by Gasteiger charge is 2.37. The summed E-state index contributed by atoms with van der Waals surface area (Å²) >= 11 is 0. The van der Waals surface area contributed by atoms with Gasteiger partial charge in [0, 0.05) is 39.3 Å². The van der Waals surface area contributed by atoms with Gasteiger partial charge in [-0.15, -0.1) is 0 Å². The van der Waals surface area contributed by atoms with Gasteiger partial charge in [0.05, 0.1) is 6.04 Å². The molecule has 5 rings (SSSR count). The number of likely N-dealkylation sites (tertiary alicyclic amines) is 1. The minimum absolute atomic E-state index is 0.158. The Bertz CT molecular complexity index is 901. The first kappa shape index (κ1) is 22.1. The molecule has 2 amide bonds. The third kappa shape index (κ3) is 4.84. The molecule has 2 aromatic carbocycles. The fourth-order valence-electron chi connectivity index (χ4n) is 6.12. The van der Waals surface area contributed by atoms with Crippen LogP contribution >= 0.6 is 0 Å². The van der Waals surface area contributed by atoms with E-state index in [0.717, 1.165) is 38.5 Å². The van der Waals surface area contributed by atoms with E-state index in [-0.39, 0.29) is 17.9 Å². The lowest BCUT2D eigenvalue weighted by atomic mass is 9.75. The van der Waals surface area contributed by atoms with Crippen molar-refractivity contribution in [3.8, 4) is 0 Å². The van der Waals surface area contributed by atoms with E-state index in [4.69, 9.17) is 0 Å². The van der Waals surface area contributed by atoms with Crippen LogP contribution in [0.4, 0.5) is 0 Å². The molecular weight excluding hydrogens is 410 g/mol. The Labute approximate surface area is 197 Å². The Kier molecular flexibility index (Phi) is 6.77. The van der Waals surface area contributed by atoms with E-state index in [0.29, 0.717) is 19.0 Å². The second-order valence-electron chi connectivity index (χ2n) is 9.90. The summed E-state index contributed by atoms with van der Waals surface area (Å²) in [6, 6.07) is 21.3. The third-order valence-electron chi connectivity index (χ3n) is 7.96. The normalized spacial score (nSPS) is 23.9. The summed E-state index contributed by atoms with van der Waals surface area (Å²) in [5.74, 6) is 0.767. The van der Waals surface area contributed by atoms with E-state index in [9.17, 15) is 9.59 Å². The van der Waals surface area contributed by atoms with Gasteiger partial charge in [0.15, 0.2) is 0 Å². The van der Waals surface area contributed by atoms with Crippen molar-refractivity contribution in [3.05, 3.63) is 71.8 Å². The summed E-state index contributed by atoms with van der Waals surface area (Å²) in [5.41, 5.74) is 2.52. The van der Waals surface area contributed by atoms with Crippen molar-refractivity contribution < 1.29 is 9.59 Å². The lowest BCUT2D eigenvalue weighted by molar-refractivity contribution is -0.154. The molecule has 0 spiro atoms. The maximum absolute atomic E-state index is 13.1. The van der Waals surface area contributed by atoms with Crippen LogP contribution in [0.3, 0.4) is 0 Å². The lowest BCUT2D eigenvalue weighted by Gasteiger charge is -2.42. The highest BCUT2D eigenvalue weighted by atomic mass is 16.2. The average molecular weight is 446 g/mol. The highest BCUT2D eigenvalue weighted by molar-refractivity contribution is 6.34. The van der Waals surface area contributed by atoms with Crippen LogP contribution < -0.4 is 0 Å². The first-order valence-electron chi connectivity index (χ1n) is 12.6. The van der Waals surface area contributed by atoms with Crippen molar-refractivity contribution in [3.63, 3.8) is 0 Å². The SMILES string of the molecule is O=C(C(=O)N1CCC2CCCCC2C1)N1CCN(C(c2ccccc2)c2ccccc2)CC1. The summed E-state index contributed by atoms with van der Waals surface area (Å²) in [7, 11) is 0. The predicted molar refractivity (Wildman–Crippen MR) is 130 cm³/mol. The zero-order valence-electron chi connectivity index (χ0n) is 19.4. The highest BCUT2D eigenvalue weighted by Crippen LogP contribution is 2.36. The Morgan fingerprint density at radius 1 is 0.636 bits per heavy atom. The van der Waals surface area contributed by atoms with Gasteiger partial charge < -0.3 is 9.80 Å². The number of rotatable bonds is 3. The largest absolute Gasteiger partial charge is 0.334 e. The number of hydrogen-bond donors (Lipinski definition) is 0. The van der Waals surface area contributed by atoms with Crippen molar-refractivity contribution >= 4 is 11.8 Å². The first-order chi connectivity index (χ1) is 16.2. The zero-order chi connectivity index (χ0) is 22.6. The molecule has 2 unspecified atom stereocenters. The molecule has 2 aromatic rings. The van der Waals surface area contributed by atoms with Crippen LogP contribution in [0, 0.1) is 11.8 Å². The summed E-state index contributed by atoms with van der Waals surface area (Å²) < 4.78 is 0. The number of carbonyl (C=O) groups is 2. The standard InChI is InChI=1S/C28H35N3O2/c32-27(28(33)31-16-15-22-9-7-8-14-25(22)21-31)30-19-17-29(18-20-30)26(23-10-3-1-4-11-23)24-12-5-2-6-13-24/h1-6,10-13,22,25-26H,7-9,14-21H2. The van der Waals surface area contributed by atoms with Crippen molar-refractivity contribution in [2.75, 3.05) is 39.3 Å². The fourth-order valence-corrected chi connectivity index (χ4v) is 6.12. The molecule has 3 fully saturated rings. The number of piperazine rings is 1. The summed E-state index contributed by atoms with van der Waals surface area (Å²) in [6.07, 6.45) is 6.16. The van der Waals surface area contributed by atoms with E-state index < -0.39 is 0 Å². The van der Waals surface area contributed by atoms with E-state index >= 15 is 0 Å². The Hall–Kier alpha value is -2.66. The second kappa shape index (κ2) is 10.1. The first-order valence-corrected chi connectivity index (χ1v) is 12.6. The van der Waals surface area contributed by atoms with Gasteiger partial charge in [0.25, 0.3) is 0 Å². The van der Waals surface area contributed by atoms with E-state index in [1.165, 1.54) is 36.8 Å². The van der Waals surface area contributed by atoms with Crippen molar-refractivity contribution in [2.45, 2.75) is 38.1 Å². The van der Waals surface area contributed by atoms with Crippen molar-refractivity contribution in [1.82, 2.24) is 14.7 Å². The molecule has 0 aromatic heterocycles. The van der Waals surface area contributed by atoms with E-state index in [1.54, 1.807) is 4.90 Å². The quantitative estimate of drug-likeness (QED) is 0.672. The molecule has 2 heterocycles. The maximum atomic E-state index is 13.1. The molecule has 1 saturated carbocycles. The molecule has 0 N–H and O–H groups in total. The molecule has 5 heteroatoms. The van der Waals surface area contributed by atoms with Gasteiger partial charge in [-0.3, -0.25) is 14.5 Å². The summed E-state index contributed by atoms with van der Waals surface area (Å²) in [6.45, 7) is 4.24. The number of piperidine rings is 1. The number of fused-ring (bicyclic) bond motifs is 1. The van der Waals surface area contributed by atoms with Crippen LogP contribution in [0.2, 0.25) is 0 Å². The molecule has 174 valence electrons. The molecule has 2 aliphatic heterocycles. The van der Waals surface area contributed by atoms with Gasteiger partial charge in [-0.25, -0.2) is 0 Å². The van der Waals surface area contributed by atoms with Crippen molar-refractivity contribution in [1.29, 1.82) is 0 Å². The number of amides is 2. The Balaban J connectivity index is 1.22. The van der Waals surface area contributed by atoms with Gasteiger partial charge >= 0.3 is 11.8 Å². The molecule has 2 saturated heterocycles. The van der Waals surface area contributed by atoms with Gasteiger partial charge in [-0.05, 0) is 35.8 Å². The van der Waals surface area contributed by atoms with Crippen molar-refractivity contribution in [2.24, 2.45) is 11.8 Å². The molecule has 0 radical (unpaired) electrons. The summed E-state index contributed by atoms with van der Waals surface area (Å²) in [4.78, 5) is 32.2. The second-order valence-corrected chi connectivity index (χ2v) is 9.90. The van der Waals surface area contributed by atoms with Crippen LogP contribution in [-0.2, 0) is 9.59 Å². The maximum Gasteiger partial charge on any atom is 0.312 e. The topological polar surface area (TPSA) is 43.9 Å². The lowest BCUT2D eigenvalue weighted by Crippen LogP contribution is -2.55. The van der Waals surface area contributed by atoms with Crippen LogP contribution in [-0.4, -0.2) is 65.8 Å². The minimum Gasteiger partial charge on any atom is -0.334 e.